The first kappa shape index (κ1) is 15.3. The van der Waals surface area contributed by atoms with Gasteiger partial charge in [0.2, 0.25) is 0 Å². The summed E-state index contributed by atoms with van der Waals surface area (Å²) in [6, 6.07) is 1.64. The van der Waals surface area contributed by atoms with E-state index in [9.17, 15) is 15.0 Å². The van der Waals surface area contributed by atoms with Crippen molar-refractivity contribution in [2.75, 3.05) is 19.7 Å². The van der Waals surface area contributed by atoms with E-state index < -0.39 is 17.3 Å². The Morgan fingerprint density at radius 2 is 2.09 bits per heavy atom. The molecular formula is C15H21N3O4. The third-order valence-corrected chi connectivity index (χ3v) is 4.81. The molecule has 2 aliphatic rings. The number of amides is 1. The average Bonchev–Trinajstić information content (AvgIpc) is 2.53. The summed E-state index contributed by atoms with van der Waals surface area (Å²) in [5, 5.41) is 28.1. The Morgan fingerprint density at radius 1 is 1.36 bits per heavy atom. The summed E-state index contributed by atoms with van der Waals surface area (Å²) < 4.78 is 5.82. The van der Waals surface area contributed by atoms with E-state index in [-0.39, 0.29) is 5.91 Å². The highest BCUT2D eigenvalue weighted by atomic mass is 16.5. The maximum Gasteiger partial charge on any atom is 0.255 e. The minimum Gasteiger partial charge on any atom is -0.387 e. The molecule has 1 aromatic rings. The molecule has 2 aliphatic heterocycles. The van der Waals surface area contributed by atoms with Crippen LogP contribution in [0.3, 0.4) is 0 Å². The first-order chi connectivity index (χ1) is 10.4. The molecule has 2 atom stereocenters. The van der Waals surface area contributed by atoms with E-state index >= 15 is 0 Å². The van der Waals surface area contributed by atoms with E-state index in [0.717, 1.165) is 0 Å². The second-order valence-corrected chi connectivity index (χ2v) is 6.35. The molecule has 7 nitrogen and oxygen atoms in total. The molecule has 22 heavy (non-hydrogen) atoms. The monoisotopic (exact) mass is 307 g/mol. The number of aliphatic hydroxyl groups excluding tert-OH is 1. The average molecular weight is 307 g/mol. The molecule has 0 radical (unpaired) electrons. The molecule has 2 fully saturated rings. The molecule has 0 saturated carbocycles. The molecule has 7 heteroatoms. The number of carbonyl (C=O) groups is 1. The van der Waals surface area contributed by atoms with Crippen LogP contribution in [0.5, 0.6) is 0 Å². The summed E-state index contributed by atoms with van der Waals surface area (Å²) in [7, 11) is 0. The molecule has 3 rings (SSSR count). The molecule has 2 saturated heterocycles. The maximum atomic E-state index is 12.4. The van der Waals surface area contributed by atoms with Crippen LogP contribution < -0.4 is 0 Å². The Hall–Kier alpha value is -1.57. The smallest absolute Gasteiger partial charge is 0.255 e. The fourth-order valence-electron chi connectivity index (χ4n) is 3.35. The van der Waals surface area contributed by atoms with Crippen LogP contribution in [0.25, 0.3) is 0 Å². The molecule has 0 bridgehead atoms. The van der Waals surface area contributed by atoms with Gasteiger partial charge >= 0.3 is 0 Å². The van der Waals surface area contributed by atoms with Gasteiger partial charge in [-0.15, -0.1) is 0 Å². The minimum atomic E-state index is -1.14. The first-order valence-corrected chi connectivity index (χ1v) is 7.55. The van der Waals surface area contributed by atoms with Crippen LogP contribution in [-0.2, 0) is 4.74 Å². The van der Waals surface area contributed by atoms with Gasteiger partial charge in [-0.05, 0) is 25.8 Å². The van der Waals surface area contributed by atoms with E-state index in [1.54, 1.807) is 17.9 Å². The van der Waals surface area contributed by atoms with Crippen LogP contribution in [-0.4, -0.2) is 68.2 Å². The van der Waals surface area contributed by atoms with Gasteiger partial charge in [-0.2, -0.15) is 10.2 Å². The molecular weight excluding hydrogens is 286 g/mol. The molecule has 1 amide bonds. The zero-order valence-electron chi connectivity index (χ0n) is 12.6. The van der Waals surface area contributed by atoms with Crippen LogP contribution in [0.1, 0.15) is 36.5 Å². The van der Waals surface area contributed by atoms with Crippen molar-refractivity contribution in [1.82, 2.24) is 15.1 Å². The quantitative estimate of drug-likeness (QED) is 0.757. The predicted octanol–water partition coefficient (Wildman–Crippen LogP) is -0.0164. The van der Waals surface area contributed by atoms with E-state index in [0.29, 0.717) is 44.5 Å². The van der Waals surface area contributed by atoms with Crippen LogP contribution >= 0.6 is 0 Å². The topological polar surface area (TPSA) is 95.8 Å². The molecule has 0 unspecified atom stereocenters. The van der Waals surface area contributed by atoms with Crippen molar-refractivity contribution in [3.8, 4) is 0 Å². The fourth-order valence-corrected chi connectivity index (χ4v) is 3.35. The number of ether oxygens (including phenoxy) is 1. The Labute approximate surface area is 128 Å². The lowest BCUT2D eigenvalue weighted by molar-refractivity contribution is -0.244. The summed E-state index contributed by atoms with van der Waals surface area (Å²) in [6.07, 6.45) is 3.44. The molecule has 0 aliphatic carbocycles. The highest BCUT2D eigenvalue weighted by molar-refractivity contribution is 5.93. The summed E-state index contributed by atoms with van der Waals surface area (Å²) in [5.74, 6) is -0.0955. The molecule has 1 spiro atoms. The third kappa shape index (κ3) is 2.60. The fraction of sp³-hybridized carbons (Fsp3) is 0.667. The van der Waals surface area contributed by atoms with Gasteiger partial charge in [0, 0.05) is 19.5 Å². The zero-order chi connectivity index (χ0) is 15.8. The Morgan fingerprint density at radius 3 is 2.73 bits per heavy atom. The van der Waals surface area contributed by atoms with Crippen LogP contribution in [0.4, 0.5) is 0 Å². The number of aromatic nitrogens is 2. The number of hydrogen-bond acceptors (Lipinski definition) is 6. The molecule has 2 N–H and O–H groups in total. The Kier molecular flexibility index (Phi) is 3.88. The maximum absolute atomic E-state index is 12.4. The Balaban J connectivity index is 1.69. The summed E-state index contributed by atoms with van der Waals surface area (Å²) >= 11 is 0. The van der Waals surface area contributed by atoms with Gasteiger partial charge < -0.3 is 19.8 Å². The van der Waals surface area contributed by atoms with Gasteiger partial charge in [0.15, 0.2) is 0 Å². The number of hydrogen-bond donors (Lipinski definition) is 2. The zero-order valence-corrected chi connectivity index (χ0v) is 12.6. The van der Waals surface area contributed by atoms with Crippen LogP contribution in [0.2, 0.25) is 0 Å². The normalized spacial score (nSPS) is 31.2. The van der Waals surface area contributed by atoms with Crippen molar-refractivity contribution < 1.29 is 19.7 Å². The second-order valence-electron chi connectivity index (χ2n) is 6.35. The van der Waals surface area contributed by atoms with E-state index in [4.69, 9.17) is 4.74 Å². The minimum absolute atomic E-state index is 0.0955. The molecule has 120 valence electrons. The molecule has 1 aromatic heterocycles. The lowest BCUT2D eigenvalue weighted by Crippen LogP contribution is -2.64. The van der Waals surface area contributed by atoms with Gasteiger partial charge in [-0.3, -0.25) is 4.79 Å². The summed E-state index contributed by atoms with van der Waals surface area (Å²) in [6.45, 7) is 3.02. The van der Waals surface area contributed by atoms with Gasteiger partial charge in [0.25, 0.3) is 5.91 Å². The number of aliphatic hydroxyl groups is 2. The number of piperidine rings is 1. The van der Waals surface area contributed by atoms with E-state index in [2.05, 4.69) is 10.2 Å². The lowest BCUT2D eigenvalue weighted by Gasteiger charge is -2.51. The number of nitrogens with zero attached hydrogens (tertiary/aromatic N) is 3. The van der Waals surface area contributed by atoms with Crippen molar-refractivity contribution in [1.29, 1.82) is 0 Å². The standard InChI is InChI=1S/C15H21N3O4/c1-14(21)5-9-22-15(13(14)20)3-7-18(8-4-15)12(19)11-2-6-16-17-10-11/h2,6,10,13,20-21H,3-5,7-9H2,1H3/t13-,14+/m0/s1. The Bertz CT molecular complexity index is 541. The highest BCUT2D eigenvalue weighted by Crippen LogP contribution is 2.39. The van der Waals surface area contributed by atoms with Crippen molar-refractivity contribution in [2.45, 2.75) is 43.5 Å². The largest absolute Gasteiger partial charge is 0.387 e. The van der Waals surface area contributed by atoms with Gasteiger partial charge in [-0.1, -0.05) is 0 Å². The highest BCUT2D eigenvalue weighted by Gasteiger charge is 2.52. The third-order valence-electron chi connectivity index (χ3n) is 4.81. The first-order valence-electron chi connectivity index (χ1n) is 7.55. The van der Waals surface area contributed by atoms with Crippen LogP contribution in [0.15, 0.2) is 18.5 Å². The van der Waals surface area contributed by atoms with Crippen molar-refractivity contribution in [2.24, 2.45) is 0 Å². The predicted molar refractivity (Wildman–Crippen MR) is 77.1 cm³/mol. The lowest BCUT2D eigenvalue weighted by atomic mass is 9.75. The SMILES string of the molecule is C[C@@]1(O)CCOC2(CCN(C(=O)c3ccnnc3)CC2)[C@H]1O. The number of rotatable bonds is 1. The van der Waals surface area contributed by atoms with Crippen molar-refractivity contribution >= 4 is 5.91 Å². The summed E-state index contributed by atoms with van der Waals surface area (Å²) in [4.78, 5) is 14.1. The molecule has 0 aromatic carbocycles. The van der Waals surface area contributed by atoms with E-state index in [1.807, 2.05) is 0 Å². The van der Waals surface area contributed by atoms with Crippen molar-refractivity contribution in [3.05, 3.63) is 24.0 Å². The number of carbonyl (C=O) groups excluding carboxylic acids is 1. The van der Waals surface area contributed by atoms with Gasteiger partial charge in [0.1, 0.15) is 11.7 Å². The van der Waals surface area contributed by atoms with Crippen LogP contribution in [0, 0.1) is 0 Å². The van der Waals surface area contributed by atoms with Gasteiger partial charge in [0.05, 0.1) is 30.2 Å². The van der Waals surface area contributed by atoms with E-state index in [1.165, 1.54) is 12.4 Å². The number of likely N-dealkylation sites (tertiary alicyclic amines) is 1. The molecule has 3 heterocycles. The second kappa shape index (κ2) is 5.57. The van der Waals surface area contributed by atoms with Gasteiger partial charge in [-0.25, -0.2) is 0 Å². The van der Waals surface area contributed by atoms with Crippen molar-refractivity contribution in [3.63, 3.8) is 0 Å². The summed E-state index contributed by atoms with van der Waals surface area (Å²) in [5.41, 5.74) is -1.39.